The molecule has 3 N–H and O–H groups in total. The Kier molecular flexibility index (Phi) is 4.02. The highest BCUT2D eigenvalue weighted by molar-refractivity contribution is 4.93. The molecule has 0 aliphatic carbocycles. The Morgan fingerprint density at radius 2 is 2.06 bits per heavy atom. The third kappa shape index (κ3) is 2.43. The smallest absolute Gasteiger partial charge is 0.283 e. The van der Waals surface area contributed by atoms with Crippen LogP contribution in [0.1, 0.15) is 6.92 Å². The largest absolute Gasteiger partial charge is 0.394 e. The molecule has 2 aliphatic heterocycles. The summed E-state index contributed by atoms with van der Waals surface area (Å²) in [7, 11) is 0. The lowest BCUT2D eigenvalue weighted by molar-refractivity contribution is -0.340. The van der Waals surface area contributed by atoms with Crippen molar-refractivity contribution in [3.63, 3.8) is 0 Å². The second-order valence-electron chi connectivity index (χ2n) is 4.37. The van der Waals surface area contributed by atoms with Crippen LogP contribution in [0.5, 0.6) is 0 Å². The van der Waals surface area contributed by atoms with Crippen LogP contribution in [-0.4, -0.2) is 65.2 Å². The first-order chi connectivity index (χ1) is 8.50. The van der Waals surface area contributed by atoms with E-state index in [4.69, 9.17) is 24.1 Å². The average Bonchev–Trinajstić information content (AvgIpc) is 2.69. The van der Waals surface area contributed by atoms with Crippen LogP contribution < -0.4 is 0 Å². The molecule has 7 heteroatoms. The second kappa shape index (κ2) is 5.22. The zero-order valence-electron chi connectivity index (χ0n) is 10.1. The molecule has 0 aromatic carbocycles. The van der Waals surface area contributed by atoms with E-state index in [-0.39, 0.29) is 6.61 Å². The van der Waals surface area contributed by atoms with Crippen molar-refractivity contribution in [1.82, 2.24) is 0 Å². The van der Waals surface area contributed by atoms with E-state index in [2.05, 4.69) is 6.58 Å². The van der Waals surface area contributed by atoms with E-state index in [1.54, 1.807) is 0 Å². The fourth-order valence-electron chi connectivity index (χ4n) is 2.04. The van der Waals surface area contributed by atoms with Crippen molar-refractivity contribution in [3.05, 3.63) is 12.7 Å². The van der Waals surface area contributed by atoms with Gasteiger partial charge in [-0.2, -0.15) is 0 Å². The van der Waals surface area contributed by atoms with Gasteiger partial charge in [-0.05, 0) is 0 Å². The van der Waals surface area contributed by atoms with E-state index in [0.29, 0.717) is 0 Å². The summed E-state index contributed by atoms with van der Waals surface area (Å²) in [5.41, 5.74) is 0. The monoisotopic (exact) mass is 262 g/mol. The van der Waals surface area contributed by atoms with Crippen LogP contribution in [0.4, 0.5) is 0 Å². The summed E-state index contributed by atoms with van der Waals surface area (Å²) in [5.74, 6) is -1.37. The molecule has 0 radical (unpaired) electrons. The van der Waals surface area contributed by atoms with Gasteiger partial charge in [0, 0.05) is 6.92 Å². The molecular formula is C11H18O7. The molecule has 2 heterocycles. The van der Waals surface area contributed by atoms with Gasteiger partial charge in [-0.1, -0.05) is 6.08 Å². The minimum Gasteiger partial charge on any atom is -0.394 e. The van der Waals surface area contributed by atoms with Crippen molar-refractivity contribution in [2.75, 3.05) is 13.2 Å². The van der Waals surface area contributed by atoms with Gasteiger partial charge in [0.05, 0.1) is 13.2 Å². The van der Waals surface area contributed by atoms with Crippen LogP contribution in [0, 0.1) is 0 Å². The first-order valence-corrected chi connectivity index (χ1v) is 5.73. The van der Waals surface area contributed by atoms with Crippen LogP contribution in [0.15, 0.2) is 12.7 Å². The fourth-order valence-corrected chi connectivity index (χ4v) is 2.04. The minimum absolute atomic E-state index is 0.206. The molecule has 104 valence electrons. The minimum atomic E-state index is -1.37. The Balaban J connectivity index is 2.06. The number of rotatable bonds is 4. The maximum absolute atomic E-state index is 9.89. The van der Waals surface area contributed by atoms with Crippen LogP contribution >= 0.6 is 0 Å². The molecule has 0 aromatic heterocycles. The predicted molar refractivity (Wildman–Crippen MR) is 58.3 cm³/mol. The number of hydrogen-bond donors (Lipinski definition) is 3. The molecule has 2 aliphatic rings. The van der Waals surface area contributed by atoms with Gasteiger partial charge >= 0.3 is 0 Å². The molecule has 0 bridgehead atoms. The van der Waals surface area contributed by atoms with Crippen molar-refractivity contribution < 1.29 is 34.3 Å². The number of hydrogen-bond acceptors (Lipinski definition) is 7. The Bertz CT molecular complexity index is 310. The van der Waals surface area contributed by atoms with Crippen LogP contribution in [-0.2, 0) is 18.9 Å². The standard InChI is InChI=1S/C11H18O7/c1-3-4-15-11(2)17-9-8(14)7(13)6(5-12)16-10(9)18-11/h3,6-10,12-14H,1,4-5H2,2H3/t6-,7-,8+,9+,10+,11-/m1/s1. The SMILES string of the molecule is C=CCO[C@@]1(C)O[C@@H]2O[C@H](CO)[C@@H](O)[C@H](O)[C@@H]2O1. The van der Waals surface area contributed by atoms with Gasteiger partial charge < -0.3 is 29.5 Å². The quantitative estimate of drug-likeness (QED) is 0.543. The molecule has 0 amide bonds. The normalized spacial score (nSPS) is 47.9. The van der Waals surface area contributed by atoms with Gasteiger partial charge in [-0.3, -0.25) is 4.74 Å². The van der Waals surface area contributed by atoms with Gasteiger partial charge in [0.25, 0.3) is 5.97 Å². The van der Waals surface area contributed by atoms with E-state index >= 15 is 0 Å². The maximum atomic E-state index is 9.89. The highest BCUT2D eigenvalue weighted by atomic mass is 16.9. The van der Waals surface area contributed by atoms with E-state index in [1.165, 1.54) is 13.0 Å². The Morgan fingerprint density at radius 3 is 2.67 bits per heavy atom. The number of fused-ring (bicyclic) bond motifs is 1. The highest BCUT2D eigenvalue weighted by Gasteiger charge is 2.55. The van der Waals surface area contributed by atoms with Gasteiger partial charge in [-0.15, -0.1) is 6.58 Å². The van der Waals surface area contributed by atoms with Crippen molar-refractivity contribution in [3.8, 4) is 0 Å². The lowest BCUT2D eigenvalue weighted by atomic mass is 9.99. The van der Waals surface area contributed by atoms with Crippen molar-refractivity contribution >= 4 is 0 Å². The molecule has 6 atom stereocenters. The first-order valence-electron chi connectivity index (χ1n) is 5.73. The molecule has 2 rings (SSSR count). The Morgan fingerprint density at radius 1 is 1.33 bits per heavy atom. The summed E-state index contributed by atoms with van der Waals surface area (Å²) in [4.78, 5) is 0. The maximum Gasteiger partial charge on any atom is 0.283 e. The van der Waals surface area contributed by atoms with Gasteiger partial charge in [0.15, 0.2) is 6.29 Å². The second-order valence-corrected chi connectivity index (χ2v) is 4.37. The van der Waals surface area contributed by atoms with E-state index in [9.17, 15) is 10.2 Å². The summed E-state index contributed by atoms with van der Waals surface area (Å²) in [6, 6.07) is 0. The zero-order chi connectivity index (χ0) is 13.3. The molecule has 0 aromatic rings. The Labute approximate surface area is 105 Å². The molecule has 2 fully saturated rings. The van der Waals surface area contributed by atoms with Crippen LogP contribution in [0.25, 0.3) is 0 Å². The molecule has 18 heavy (non-hydrogen) atoms. The number of aliphatic hydroxyl groups excluding tert-OH is 3. The number of aliphatic hydroxyl groups is 3. The van der Waals surface area contributed by atoms with E-state index in [0.717, 1.165) is 0 Å². The fraction of sp³-hybridized carbons (Fsp3) is 0.818. The van der Waals surface area contributed by atoms with Gasteiger partial charge in [0.2, 0.25) is 0 Å². The van der Waals surface area contributed by atoms with Crippen molar-refractivity contribution in [1.29, 1.82) is 0 Å². The molecule has 0 unspecified atom stereocenters. The van der Waals surface area contributed by atoms with Crippen LogP contribution in [0.2, 0.25) is 0 Å². The Hall–Kier alpha value is -0.540. The van der Waals surface area contributed by atoms with Crippen LogP contribution in [0.3, 0.4) is 0 Å². The third-order valence-electron chi connectivity index (χ3n) is 2.97. The topological polar surface area (TPSA) is 97.6 Å². The lowest BCUT2D eigenvalue weighted by Gasteiger charge is -2.36. The molecule has 7 nitrogen and oxygen atoms in total. The summed E-state index contributed by atoms with van der Waals surface area (Å²) in [6.07, 6.45) is -3.58. The molecule has 2 saturated heterocycles. The molecular weight excluding hydrogens is 244 g/mol. The third-order valence-corrected chi connectivity index (χ3v) is 2.97. The number of ether oxygens (including phenoxy) is 4. The lowest BCUT2D eigenvalue weighted by Crippen LogP contribution is -2.57. The summed E-state index contributed by atoms with van der Waals surface area (Å²) >= 11 is 0. The van der Waals surface area contributed by atoms with E-state index in [1.807, 2.05) is 0 Å². The van der Waals surface area contributed by atoms with Crippen molar-refractivity contribution in [2.24, 2.45) is 0 Å². The van der Waals surface area contributed by atoms with Gasteiger partial charge in [0.1, 0.15) is 24.4 Å². The predicted octanol–water partition coefficient (Wildman–Crippen LogP) is -1.28. The molecule has 0 spiro atoms. The zero-order valence-corrected chi connectivity index (χ0v) is 10.1. The van der Waals surface area contributed by atoms with E-state index < -0.39 is 43.3 Å². The summed E-state index contributed by atoms with van der Waals surface area (Å²) in [6.45, 7) is 4.82. The summed E-state index contributed by atoms with van der Waals surface area (Å²) < 4.78 is 21.4. The molecule has 0 saturated carbocycles. The van der Waals surface area contributed by atoms with Crippen molar-refractivity contribution in [2.45, 2.75) is 43.6 Å². The summed E-state index contributed by atoms with van der Waals surface area (Å²) in [5, 5.41) is 28.6. The van der Waals surface area contributed by atoms with Gasteiger partial charge in [-0.25, -0.2) is 0 Å². The highest BCUT2D eigenvalue weighted by Crippen LogP contribution is 2.37. The average molecular weight is 262 g/mol. The first kappa shape index (κ1) is 13.9.